The van der Waals surface area contributed by atoms with E-state index in [9.17, 15) is 4.79 Å². The Kier molecular flexibility index (Phi) is 5.67. The molecule has 0 fully saturated rings. The molecule has 27 heavy (non-hydrogen) atoms. The molecule has 0 saturated heterocycles. The fraction of sp³-hybridized carbons (Fsp3) is 0.136. The molecular formula is C22H20ClNO3. The highest BCUT2D eigenvalue weighted by Gasteiger charge is 2.11. The van der Waals surface area contributed by atoms with Crippen LogP contribution in [0.25, 0.3) is 22.3 Å². The molecule has 0 atom stereocenters. The van der Waals surface area contributed by atoms with Crippen LogP contribution in [0.4, 0.5) is 5.69 Å². The monoisotopic (exact) mass is 381 g/mol. The number of ether oxygens (including phenoxy) is 2. The molecule has 5 heteroatoms. The highest BCUT2D eigenvalue weighted by atomic mass is 35.5. The Balaban J connectivity index is 2.08. The van der Waals surface area contributed by atoms with E-state index >= 15 is 0 Å². The number of methoxy groups -OCH3 is 2. The van der Waals surface area contributed by atoms with Gasteiger partial charge in [-0.2, -0.15) is 0 Å². The molecule has 0 heterocycles. The van der Waals surface area contributed by atoms with E-state index < -0.39 is 0 Å². The van der Waals surface area contributed by atoms with Crippen LogP contribution < -0.4 is 14.8 Å². The predicted molar refractivity (Wildman–Crippen MR) is 110 cm³/mol. The molecule has 4 nitrogen and oxygen atoms in total. The summed E-state index contributed by atoms with van der Waals surface area (Å²) in [4.78, 5) is 11.7. The van der Waals surface area contributed by atoms with Gasteiger partial charge in [0, 0.05) is 23.2 Å². The summed E-state index contributed by atoms with van der Waals surface area (Å²) in [7, 11) is 3.21. The van der Waals surface area contributed by atoms with Crippen molar-refractivity contribution in [2.45, 2.75) is 6.92 Å². The lowest BCUT2D eigenvalue weighted by atomic mass is 9.98. The predicted octanol–water partition coefficient (Wildman–Crippen LogP) is 5.65. The van der Waals surface area contributed by atoms with Crippen LogP contribution in [0.2, 0.25) is 5.02 Å². The quantitative estimate of drug-likeness (QED) is 0.621. The fourth-order valence-corrected chi connectivity index (χ4v) is 3.04. The van der Waals surface area contributed by atoms with Crippen LogP contribution in [0, 0.1) is 0 Å². The van der Waals surface area contributed by atoms with Crippen LogP contribution in [0.15, 0.2) is 60.7 Å². The molecule has 138 valence electrons. The first-order valence-electron chi connectivity index (χ1n) is 8.42. The minimum absolute atomic E-state index is 0.130. The molecular weight excluding hydrogens is 362 g/mol. The first-order valence-corrected chi connectivity index (χ1v) is 8.79. The molecule has 3 rings (SSSR count). The molecule has 0 bridgehead atoms. The third-order valence-electron chi connectivity index (χ3n) is 4.20. The van der Waals surface area contributed by atoms with E-state index in [2.05, 4.69) is 5.32 Å². The zero-order chi connectivity index (χ0) is 19.4. The fourth-order valence-electron chi connectivity index (χ4n) is 2.91. The van der Waals surface area contributed by atoms with Crippen LogP contribution in [0.1, 0.15) is 6.92 Å². The Hall–Kier alpha value is -2.98. The summed E-state index contributed by atoms with van der Waals surface area (Å²) in [6.45, 7) is 1.49. The van der Waals surface area contributed by atoms with E-state index in [0.29, 0.717) is 16.5 Å². The Morgan fingerprint density at radius 3 is 2.04 bits per heavy atom. The molecule has 0 aliphatic carbocycles. The zero-order valence-corrected chi connectivity index (χ0v) is 16.1. The number of amides is 1. The number of rotatable bonds is 5. The van der Waals surface area contributed by atoms with Crippen LogP contribution in [0.5, 0.6) is 11.5 Å². The number of hydrogen-bond acceptors (Lipinski definition) is 3. The van der Waals surface area contributed by atoms with Crippen LogP contribution >= 0.6 is 11.6 Å². The van der Waals surface area contributed by atoms with Crippen molar-refractivity contribution < 1.29 is 14.3 Å². The third-order valence-corrected chi connectivity index (χ3v) is 4.45. The van der Waals surface area contributed by atoms with Crippen molar-refractivity contribution in [3.8, 4) is 33.8 Å². The molecule has 1 amide bonds. The van der Waals surface area contributed by atoms with E-state index in [0.717, 1.165) is 27.9 Å². The second-order valence-corrected chi connectivity index (χ2v) is 6.45. The second-order valence-electron chi connectivity index (χ2n) is 6.02. The van der Waals surface area contributed by atoms with Gasteiger partial charge in [-0.15, -0.1) is 0 Å². The van der Waals surface area contributed by atoms with E-state index in [1.165, 1.54) is 6.92 Å². The van der Waals surface area contributed by atoms with Crippen molar-refractivity contribution >= 4 is 23.2 Å². The van der Waals surface area contributed by atoms with Crippen molar-refractivity contribution in [1.29, 1.82) is 0 Å². The van der Waals surface area contributed by atoms with Gasteiger partial charge in [0.25, 0.3) is 0 Å². The molecule has 0 aromatic heterocycles. The lowest BCUT2D eigenvalue weighted by Gasteiger charge is -2.14. The minimum atomic E-state index is -0.130. The Bertz CT molecular complexity index is 968. The van der Waals surface area contributed by atoms with Crippen LogP contribution in [0.3, 0.4) is 0 Å². The Morgan fingerprint density at radius 1 is 0.815 bits per heavy atom. The number of hydrogen-bond donors (Lipinski definition) is 1. The average Bonchev–Trinajstić information content (AvgIpc) is 2.67. The molecule has 0 aliphatic heterocycles. The van der Waals surface area contributed by atoms with E-state index in [1.54, 1.807) is 14.2 Å². The summed E-state index contributed by atoms with van der Waals surface area (Å²) >= 11 is 5.99. The van der Waals surface area contributed by atoms with Crippen molar-refractivity contribution in [2.75, 3.05) is 19.5 Å². The van der Waals surface area contributed by atoms with Gasteiger partial charge < -0.3 is 14.8 Å². The standard InChI is InChI=1S/C22H20ClNO3/c1-14(25)24-20-12-16(17-7-11-21(26-2)22(13-17)27-3)6-10-19(20)15-4-8-18(23)9-5-15/h4-13H,1-3H3,(H,24,25). The van der Waals surface area contributed by atoms with Gasteiger partial charge in [-0.25, -0.2) is 0 Å². The van der Waals surface area contributed by atoms with Crippen molar-refractivity contribution in [1.82, 2.24) is 0 Å². The molecule has 0 radical (unpaired) electrons. The molecule has 1 N–H and O–H groups in total. The minimum Gasteiger partial charge on any atom is -0.493 e. The maximum absolute atomic E-state index is 11.7. The van der Waals surface area contributed by atoms with Crippen molar-refractivity contribution in [2.24, 2.45) is 0 Å². The largest absolute Gasteiger partial charge is 0.493 e. The Labute approximate surface area is 163 Å². The first-order chi connectivity index (χ1) is 13.0. The van der Waals surface area contributed by atoms with Gasteiger partial charge in [0.2, 0.25) is 5.91 Å². The summed E-state index contributed by atoms with van der Waals surface area (Å²) in [6, 6.07) is 19.2. The molecule has 0 aliphatic rings. The van der Waals surface area contributed by atoms with E-state index in [1.807, 2.05) is 60.7 Å². The Morgan fingerprint density at radius 2 is 1.41 bits per heavy atom. The SMILES string of the molecule is COc1ccc(-c2ccc(-c3ccc(Cl)cc3)c(NC(C)=O)c2)cc1OC. The summed E-state index contributed by atoms with van der Waals surface area (Å²) in [5, 5.41) is 3.59. The summed E-state index contributed by atoms with van der Waals surface area (Å²) in [5.41, 5.74) is 4.55. The molecule has 3 aromatic rings. The van der Waals surface area contributed by atoms with Crippen LogP contribution in [-0.2, 0) is 4.79 Å². The number of anilines is 1. The summed E-state index contributed by atoms with van der Waals surface area (Å²) in [5.74, 6) is 1.19. The lowest BCUT2D eigenvalue weighted by molar-refractivity contribution is -0.114. The normalized spacial score (nSPS) is 10.4. The maximum Gasteiger partial charge on any atom is 0.221 e. The summed E-state index contributed by atoms with van der Waals surface area (Å²) in [6.07, 6.45) is 0. The van der Waals surface area contributed by atoms with Gasteiger partial charge in [-0.1, -0.05) is 41.9 Å². The molecule has 0 saturated carbocycles. The van der Waals surface area contributed by atoms with Crippen molar-refractivity contribution in [3.63, 3.8) is 0 Å². The lowest BCUT2D eigenvalue weighted by Crippen LogP contribution is -2.07. The number of carbonyl (C=O) groups excluding carboxylic acids is 1. The first kappa shape index (κ1) is 18.8. The van der Waals surface area contributed by atoms with Crippen LogP contribution in [-0.4, -0.2) is 20.1 Å². The van der Waals surface area contributed by atoms with Gasteiger partial charge in [0.15, 0.2) is 11.5 Å². The zero-order valence-electron chi connectivity index (χ0n) is 15.4. The number of benzene rings is 3. The second kappa shape index (κ2) is 8.14. The van der Waals surface area contributed by atoms with Gasteiger partial charge >= 0.3 is 0 Å². The number of carbonyl (C=O) groups is 1. The van der Waals surface area contributed by atoms with E-state index in [-0.39, 0.29) is 5.91 Å². The van der Waals surface area contributed by atoms with Gasteiger partial charge in [-0.05, 0) is 47.0 Å². The smallest absolute Gasteiger partial charge is 0.221 e. The van der Waals surface area contributed by atoms with Gasteiger partial charge in [0.1, 0.15) is 0 Å². The topological polar surface area (TPSA) is 47.6 Å². The number of nitrogens with one attached hydrogen (secondary N) is 1. The highest BCUT2D eigenvalue weighted by Crippen LogP contribution is 2.36. The average molecular weight is 382 g/mol. The molecule has 0 spiro atoms. The molecule has 3 aromatic carbocycles. The van der Waals surface area contributed by atoms with Crippen molar-refractivity contribution in [3.05, 3.63) is 65.7 Å². The van der Waals surface area contributed by atoms with E-state index in [4.69, 9.17) is 21.1 Å². The number of halogens is 1. The summed E-state index contributed by atoms with van der Waals surface area (Å²) < 4.78 is 10.7. The molecule has 0 unspecified atom stereocenters. The maximum atomic E-state index is 11.7. The van der Waals surface area contributed by atoms with Gasteiger partial charge in [-0.3, -0.25) is 4.79 Å². The highest BCUT2D eigenvalue weighted by molar-refractivity contribution is 6.30. The third kappa shape index (κ3) is 4.23. The van der Waals surface area contributed by atoms with Gasteiger partial charge in [0.05, 0.1) is 14.2 Å².